The monoisotopic (exact) mass is 267 g/mol. The number of fused-ring (bicyclic) bond motifs is 1. The van der Waals surface area contributed by atoms with Gasteiger partial charge in [-0.15, -0.1) is 0 Å². The van der Waals surface area contributed by atoms with Crippen LogP contribution in [0.4, 0.5) is 0 Å². The van der Waals surface area contributed by atoms with E-state index in [1.165, 1.54) is 0 Å². The van der Waals surface area contributed by atoms with E-state index in [4.69, 9.17) is 0 Å². The van der Waals surface area contributed by atoms with Crippen molar-refractivity contribution in [2.24, 2.45) is 0 Å². The summed E-state index contributed by atoms with van der Waals surface area (Å²) in [6.07, 6.45) is 5.58. The van der Waals surface area contributed by atoms with Crippen LogP contribution in [0.15, 0.2) is 48.9 Å². The topological polar surface area (TPSA) is 50.9 Å². The zero-order valence-electron chi connectivity index (χ0n) is 11.4. The number of hydrogen-bond acceptors (Lipinski definition) is 3. The molecule has 0 aliphatic carbocycles. The zero-order chi connectivity index (χ0) is 13.9. The molecule has 3 rings (SSSR count). The standard InChI is InChI=1S/C16H17N3O/c1-2-19-11-12(10-18-19)9-16(20)14-5-3-7-15-13(14)6-4-8-17-15/h3-8,10-11,16,20H,2,9H2,1H3. The summed E-state index contributed by atoms with van der Waals surface area (Å²) in [5.41, 5.74) is 2.87. The summed E-state index contributed by atoms with van der Waals surface area (Å²) >= 11 is 0. The van der Waals surface area contributed by atoms with Crippen LogP contribution in [0.25, 0.3) is 10.9 Å². The third-order valence-corrected chi connectivity index (χ3v) is 3.48. The Balaban J connectivity index is 1.90. The molecule has 0 saturated carbocycles. The van der Waals surface area contributed by atoms with Gasteiger partial charge in [-0.25, -0.2) is 0 Å². The molecular formula is C16H17N3O. The van der Waals surface area contributed by atoms with Gasteiger partial charge in [-0.2, -0.15) is 5.10 Å². The van der Waals surface area contributed by atoms with Crippen molar-refractivity contribution in [3.63, 3.8) is 0 Å². The molecule has 20 heavy (non-hydrogen) atoms. The predicted molar refractivity (Wildman–Crippen MR) is 78.3 cm³/mol. The maximum Gasteiger partial charge on any atom is 0.0838 e. The molecule has 4 nitrogen and oxygen atoms in total. The highest BCUT2D eigenvalue weighted by atomic mass is 16.3. The summed E-state index contributed by atoms with van der Waals surface area (Å²) < 4.78 is 1.87. The lowest BCUT2D eigenvalue weighted by molar-refractivity contribution is 0.180. The number of aliphatic hydroxyl groups excluding tert-OH is 1. The Morgan fingerprint density at radius 2 is 2.15 bits per heavy atom. The first kappa shape index (κ1) is 12.8. The number of benzene rings is 1. The van der Waals surface area contributed by atoms with Gasteiger partial charge in [0.25, 0.3) is 0 Å². The summed E-state index contributed by atoms with van der Waals surface area (Å²) in [4.78, 5) is 4.32. The van der Waals surface area contributed by atoms with Gasteiger partial charge in [-0.3, -0.25) is 9.67 Å². The molecule has 0 spiro atoms. The van der Waals surface area contributed by atoms with Crippen molar-refractivity contribution in [3.05, 3.63) is 60.0 Å². The second kappa shape index (κ2) is 5.43. The molecule has 2 aromatic heterocycles. The molecule has 1 aromatic carbocycles. The molecule has 0 fully saturated rings. The van der Waals surface area contributed by atoms with Gasteiger partial charge in [0.2, 0.25) is 0 Å². The Labute approximate surface area is 117 Å². The lowest BCUT2D eigenvalue weighted by atomic mass is 9.99. The molecule has 0 amide bonds. The van der Waals surface area contributed by atoms with Crippen LogP contribution >= 0.6 is 0 Å². The normalized spacial score (nSPS) is 12.7. The maximum absolute atomic E-state index is 10.5. The van der Waals surface area contributed by atoms with Gasteiger partial charge in [0.1, 0.15) is 0 Å². The van der Waals surface area contributed by atoms with Gasteiger partial charge >= 0.3 is 0 Å². The Hall–Kier alpha value is -2.20. The highest BCUT2D eigenvalue weighted by Gasteiger charge is 2.13. The van der Waals surface area contributed by atoms with E-state index in [0.29, 0.717) is 6.42 Å². The average molecular weight is 267 g/mol. The molecule has 1 N–H and O–H groups in total. The van der Waals surface area contributed by atoms with E-state index in [2.05, 4.69) is 10.1 Å². The third kappa shape index (κ3) is 2.42. The first-order valence-electron chi connectivity index (χ1n) is 6.81. The van der Waals surface area contributed by atoms with Crippen LogP contribution in [0.5, 0.6) is 0 Å². The van der Waals surface area contributed by atoms with E-state index in [-0.39, 0.29) is 0 Å². The fourth-order valence-corrected chi connectivity index (χ4v) is 2.44. The predicted octanol–water partition coefficient (Wildman–Crippen LogP) is 2.73. The number of aromatic nitrogens is 3. The number of aryl methyl sites for hydroxylation is 1. The van der Waals surface area contributed by atoms with E-state index < -0.39 is 6.10 Å². The van der Waals surface area contributed by atoms with Gasteiger partial charge in [-0.05, 0) is 30.2 Å². The molecule has 2 heterocycles. The van der Waals surface area contributed by atoms with Crippen LogP contribution in [-0.4, -0.2) is 19.9 Å². The fraction of sp³-hybridized carbons (Fsp3) is 0.250. The van der Waals surface area contributed by atoms with E-state index in [1.807, 2.05) is 54.3 Å². The number of pyridine rings is 1. The Morgan fingerprint density at radius 1 is 1.25 bits per heavy atom. The molecule has 0 radical (unpaired) electrons. The lowest BCUT2D eigenvalue weighted by Gasteiger charge is -2.12. The molecule has 0 aliphatic heterocycles. The number of nitrogens with zero attached hydrogens (tertiary/aromatic N) is 3. The number of aliphatic hydroxyl groups is 1. The largest absolute Gasteiger partial charge is 0.388 e. The number of rotatable bonds is 4. The maximum atomic E-state index is 10.5. The Morgan fingerprint density at radius 3 is 2.95 bits per heavy atom. The molecule has 1 atom stereocenters. The van der Waals surface area contributed by atoms with Gasteiger partial charge < -0.3 is 5.11 Å². The summed E-state index contributed by atoms with van der Waals surface area (Å²) in [6.45, 7) is 2.89. The number of hydrogen-bond donors (Lipinski definition) is 1. The molecule has 0 aliphatic rings. The minimum Gasteiger partial charge on any atom is -0.388 e. The van der Waals surface area contributed by atoms with Crippen molar-refractivity contribution in [2.75, 3.05) is 0 Å². The van der Waals surface area contributed by atoms with E-state index in [1.54, 1.807) is 6.20 Å². The summed E-state index contributed by atoms with van der Waals surface area (Å²) in [5.74, 6) is 0. The van der Waals surface area contributed by atoms with Crippen LogP contribution in [-0.2, 0) is 13.0 Å². The van der Waals surface area contributed by atoms with Gasteiger partial charge in [0, 0.05) is 30.7 Å². The quantitative estimate of drug-likeness (QED) is 0.790. The van der Waals surface area contributed by atoms with Gasteiger partial charge in [0.05, 0.1) is 17.8 Å². The highest BCUT2D eigenvalue weighted by molar-refractivity contribution is 5.82. The lowest BCUT2D eigenvalue weighted by Crippen LogP contribution is -2.02. The second-order valence-electron chi connectivity index (χ2n) is 4.84. The first-order chi connectivity index (χ1) is 9.78. The van der Waals surface area contributed by atoms with E-state index in [9.17, 15) is 5.11 Å². The molecule has 1 unspecified atom stereocenters. The summed E-state index contributed by atoms with van der Waals surface area (Å²) in [6, 6.07) is 9.74. The molecule has 0 saturated heterocycles. The SMILES string of the molecule is CCn1cc(CC(O)c2cccc3ncccc23)cn1. The first-order valence-corrected chi connectivity index (χ1v) is 6.81. The minimum atomic E-state index is -0.544. The Kier molecular flexibility index (Phi) is 3.48. The van der Waals surface area contributed by atoms with Crippen LogP contribution in [0.1, 0.15) is 24.2 Å². The summed E-state index contributed by atoms with van der Waals surface area (Å²) in [5, 5.41) is 15.7. The van der Waals surface area contributed by atoms with Crippen molar-refractivity contribution in [1.29, 1.82) is 0 Å². The molecule has 3 aromatic rings. The second-order valence-corrected chi connectivity index (χ2v) is 4.84. The highest BCUT2D eigenvalue weighted by Crippen LogP contribution is 2.25. The van der Waals surface area contributed by atoms with Crippen LogP contribution in [0.3, 0.4) is 0 Å². The minimum absolute atomic E-state index is 0.544. The van der Waals surface area contributed by atoms with Crippen LogP contribution in [0.2, 0.25) is 0 Å². The molecule has 4 heteroatoms. The van der Waals surface area contributed by atoms with E-state index in [0.717, 1.165) is 28.6 Å². The molecule has 0 bridgehead atoms. The molecule has 102 valence electrons. The summed E-state index contributed by atoms with van der Waals surface area (Å²) in [7, 11) is 0. The van der Waals surface area contributed by atoms with Crippen molar-refractivity contribution in [2.45, 2.75) is 26.0 Å². The van der Waals surface area contributed by atoms with Crippen molar-refractivity contribution < 1.29 is 5.11 Å². The van der Waals surface area contributed by atoms with Crippen molar-refractivity contribution >= 4 is 10.9 Å². The van der Waals surface area contributed by atoms with E-state index >= 15 is 0 Å². The smallest absolute Gasteiger partial charge is 0.0838 e. The fourth-order valence-electron chi connectivity index (χ4n) is 2.44. The van der Waals surface area contributed by atoms with Crippen LogP contribution < -0.4 is 0 Å². The Bertz CT molecular complexity index is 715. The average Bonchev–Trinajstić information content (AvgIpc) is 2.94. The third-order valence-electron chi connectivity index (χ3n) is 3.48. The van der Waals surface area contributed by atoms with Crippen molar-refractivity contribution in [1.82, 2.24) is 14.8 Å². The van der Waals surface area contributed by atoms with Gasteiger partial charge in [-0.1, -0.05) is 18.2 Å². The zero-order valence-corrected chi connectivity index (χ0v) is 11.4. The van der Waals surface area contributed by atoms with Crippen molar-refractivity contribution in [3.8, 4) is 0 Å². The van der Waals surface area contributed by atoms with Crippen LogP contribution in [0, 0.1) is 0 Å². The molecular weight excluding hydrogens is 250 g/mol. The van der Waals surface area contributed by atoms with Gasteiger partial charge in [0.15, 0.2) is 0 Å².